The number of nitrogens with one attached hydrogen (secondary N) is 1. The molecular weight excluding hydrogens is 416 g/mol. The van der Waals surface area contributed by atoms with Crippen LogP contribution < -0.4 is 4.74 Å². The van der Waals surface area contributed by atoms with Gasteiger partial charge in [0.05, 0.1) is 35.9 Å². The minimum atomic E-state index is -0.677. The molecule has 0 radical (unpaired) electrons. The SMILES string of the molecule is COc1cccc(-n2c(O)c3[nH]nc(C(=O)CN4C(=O)c5ccccc5C4=O)c3c2O)c1. The fourth-order valence-electron chi connectivity index (χ4n) is 3.84. The van der Waals surface area contributed by atoms with E-state index in [1.807, 2.05) is 0 Å². The van der Waals surface area contributed by atoms with Crippen LogP contribution in [0.25, 0.3) is 16.6 Å². The van der Waals surface area contributed by atoms with Gasteiger partial charge >= 0.3 is 0 Å². The molecule has 1 aliphatic rings. The number of Topliss-reactive ketones (excluding diaryl/α,β-unsaturated/α-hetero) is 1. The number of hydrogen-bond acceptors (Lipinski definition) is 7. The minimum Gasteiger partial charge on any atom is -0.497 e. The summed E-state index contributed by atoms with van der Waals surface area (Å²) in [6.45, 7) is -0.559. The third-order valence-electron chi connectivity index (χ3n) is 5.39. The zero-order chi connectivity index (χ0) is 22.6. The van der Waals surface area contributed by atoms with Crippen LogP contribution >= 0.6 is 0 Å². The van der Waals surface area contributed by atoms with E-state index in [1.165, 1.54) is 19.2 Å². The third-order valence-corrected chi connectivity index (χ3v) is 5.39. The second-order valence-corrected chi connectivity index (χ2v) is 7.17. The number of fused-ring (bicyclic) bond motifs is 2. The van der Waals surface area contributed by atoms with E-state index in [4.69, 9.17) is 4.74 Å². The predicted octanol–water partition coefficient (Wildman–Crippen LogP) is 2.25. The number of ether oxygens (including phenoxy) is 1. The summed E-state index contributed by atoms with van der Waals surface area (Å²) in [6.07, 6.45) is 0. The molecular formula is C22H16N4O6. The molecule has 5 rings (SSSR count). The van der Waals surface area contributed by atoms with Gasteiger partial charge in [0.25, 0.3) is 11.8 Å². The Morgan fingerprint density at radius 2 is 1.72 bits per heavy atom. The van der Waals surface area contributed by atoms with Crippen LogP contribution in [0, 0.1) is 0 Å². The van der Waals surface area contributed by atoms with Gasteiger partial charge in [-0.3, -0.25) is 24.4 Å². The van der Waals surface area contributed by atoms with Crippen molar-refractivity contribution in [3.8, 4) is 23.2 Å². The molecule has 0 unspecified atom stereocenters. The number of rotatable bonds is 5. The number of hydrogen-bond donors (Lipinski definition) is 3. The van der Waals surface area contributed by atoms with Crippen LogP contribution in [0.5, 0.6) is 17.5 Å². The average molecular weight is 432 g/mol. The summed E-state index contributed by atoms with van der Waals surface area (Å²) in [6, 6.07) is 12.9. The molecule has 0 saturated carbocycles. The van der Waals surface area contributed by atoms with Crippen LogP contribution in [0.1, 0.15) is 31.2 Å². The molecule has 32 heavy (non-hydrogen) atoms. The van der Waals surface area contributed by atoms with Gasteiger partial charge in [0, 0.05) is 6.07 Å². The van der Waals surface area contributed by atoms with Crippen molar-refractivity contribution < 1.29 is 29.3 Å². The number of carbonyl (C=O) groups excluding carboxylic acids is 3. The van der Waals surface area contributed by atoms with Gasteiger partial charge in [-0.25, -0.2) is 4.57 Å². The first-order chi connectivity index (χ1) is 15.4. The summed E-state index contributed by atoms with van der Waals surface area (Å²) < 4.78 is 6.30. The van der Waals surface area contributed by atoms with E-state index >= 15 is 0 Å². The molecule has 1 aliphatic heterocycles. The van der Waals surface area contributed by atoms with Crippen LogP contribution in [0.4, 0.5) is 0 Å². The average Bonchev–Trinajstić information content (AvgIpc) is 3.43. The Bertz CT molecular complexity index is 1400. The van der Waals surface area contributed by atoms with Crippen molar-refractivity contribution in [2.75, 3.05) is 13.7 Å². The smallest absolute Gasteiger partial charge is 0.261 e. The van der Waals surface area contributed by atoms with Gasteiger partial charge in [-0.15, -0.1) is 0 Å². The number of nitrogens with zero attached hydrogens (tertiary/aromatic N) is 3. The zero-order valence-electron chi connectivity index (χ0n) is 16.7. The van der Waals surface area contributed by atoms with Crippen LogP contribution in [0.15, 0.2) is 48.5 Å². The van der Waals surface area contributed by atoms with Gasteiger partial charge < -0.3 is 14.9 Å². The normalized spacial score (nSPS) is 13.1. The Morgan fingerprint density at radius 3 is 2.38 bits per heavy atom. The van der Waals surface area contributed by atoms with Crippen molar-refractivity contribution in [2.24, 2.45) is 0 Å². The molecule has 3 heterocycles. The summed E-state index contributed by atoms with van der Waals surface area (Å²) in [5.74, 6) is -2.12. The quantitative estimate of drug-likeness (QED) is 0.325. The summed E-state index contributed by atoms with van der Waals surface area (Å²) in [5.41, 5.74) is 0.675. The molecule has 0 bridgehead atoms. The number of amides is 2. The molecule has 2 amide bonds. The Kier molecular flexibility index (Phi) is 4.22. The standard InChI is InChI=1S/C22H16N4O6/c1-32-12-6-4-5-11(9-12)26-21(30)16-17(23-24-18(16)22(26)31)15(27)10-25-19(28)13-7-2-3-8-14(13)20(25)29/h2-9,24,30-31H,10H2,1H3. The highest BCUT2D eigenvalue weighted by Gasteiger charge is 2.37. The first-order valence-corrected chi connectivity index (χ1v) is 9.56. The molecule has 10 heteroatoms. The van der Waals surface area contributed by atoms with Crippen LogP contribution in [0.2, 0.25) is 0 Å². The maximum Gasteiger partial charge on any atom is 0.261 e. The molecule has 4 aromatic rings. The maximum atomic E-state index is 13.0. The van der Waals surface area contributed by atoms with E-state index in [1.54, 1.807) is 36.4 Å². The van der Waals surface area contributed by atoms with Gasteiger partial charge in [0.2, 0.25) is 17.5 Å². The number of carbonyl (C=O) groups is 3. The largest absolute Gasteiger partial charge is 0.497 e. The Morgan fingerprint density at radius 1 is 1.03 bits per heavy atom. The van der Waals surface area contributed by atoms with Crippen LogP contribution in [-0.2, 0) is 0 Å². The van der Waals surface area contributed by atoms with Crippen LogP contribution in [-0.4, -0.2) is 61.1 Å². The van der Waals surface area contributed by atoms with Crippen LogP contribution in [0.3, 0.4) is 0 Å². The number of aromatic hydroxyl groups is 2. The summed E-state index contributed by atoms with van der Waals surface area (Å²) in [4.78, 5) is 38.9. The summed E-state index contributed by atoms with van der Waals surface area (Å²) >= 11 is 0. The zero-order valence-corrected chi connectivity index (χ0v) is 16.7. The first-order valence-electron chi connectivity index (χ1n) is 9.56. The van der Waals surface area contributed by atoms with Gasteiger partial charge in [0.1, 0.15) is 17.0 Å². The topological polar surface area (TPSA) is 138 Å². The molecule has 0 spiro atoms. The van der Waals surface area contributed by atoms with Crippen molar-refractivity contribution in [3.05, 3.63) is 65.4 Å². The highest BCUT2D eigenvalue weighted by molar-refractivity contribution is 6.23. The van der Waals surface area contributed by atoms with E-state index < -0.39 is 30.0 Å². The van der Waals surface area contributed by atoms with Crippen molar-refractivity contribution in [1.82, 2.24) is 19.7 Å². The molecule has 0 fully saturated rings. The molecule has 3 N–H and O–H groups in total. The fraction of sp³-hybridized carbons (Fsp3) is 0.0909. The maximum absolute atomic E-state index is 13.0. The van der Waals surface area contributed by atoms with Gasteiger partial charge in [-0.05, 0) is 24.3 Å². The number of benzene rings is 2. The highest BCUT2D eigenvalue weighted by atomic mass is 16.5. The van der Waals surface area contributed by atoms with Crippen molar-refractivity contribution >= 4 is 28.5 Å². The van der Waals surface area contributed by atoms with E-state index in [0.717, 1.165) is 9.47 Å². The second-order valence-electron chi connectivity index (χ2n) is 7.17. The predicted molar refractivity (Wildman–Crippen MR) is 111 cm³/mol. The van der Waals surface area contributed by atoms with Gasteiger partial charge in [-0.2, -0.15) is 5.10 Å². The van der Waals surface area contributed by atoms with E-state index in [0.29, 0.717) is 11.4 Å². The molecule has 2 aromatic heterocycles. The lowest BCUT2D eigenvalue weighted by Crippen LogP contribution is -2.35. The van der Waals surface area contributed by atoms with Crippen molar-refractivity contribution in [3.63, 3.8) is 0 Å². The third kappa shape index (κ3) is 2.66. The molecule has 2 aromatic carbocycles. The molecule has 10 nitrogen and oxygen atoms in total. The van der Waals surface area contributed by atoms with E-state index in [2.05, 4.69) is 10.2 Å². The van der Waals surface area contributed by atoms with E-state index in [-0.39, 0.29) is 33.6 Å². The lowest BCUT2D eigenvalue weighted by Gasteiger charge is -2.12. The molecule has 0 atom stereocenters. The van der Waals surface area contributed by atoms with E-state index in [9.17, 15) is 24.6 Å². The lowest BCUT2D eigenvalue weighted by molar-refractivity contribution is 0.0623. The van der Waals surface area contributed by atoms with Crippen molar-refractivity contribution in [1.29, 1.82) is 0 Å². The summed E-state index contributed by atoms with van der Waals surface area (Å²) in [7, 11) is 1.48. The number of imide groups is 1. The Balaban J connectivity index is 1.52. The number of H-pyrrole nitrogens is 1. The minimum absolute atomic E-state index is 0.0214. The molecule has 0 saturated heterocycles. The lowest BCUT2D eigenvalue weighted by atomic mass is 10.1. The first kappa shape index (κ1) is 19.4. The number of aromatic nitrogens is 3. The monoisotopic (exact) mass is 432 g/mol. The van der Waals surface area contributed by atoms with Gasteiger partial charge in [-0.1, -0.05) is 18.2 Å². The number of aromatic amines is 1. The van der Waals surface area contributed by atoms with Gasteiger partial charge in [0.15, 0.2) is 0 Å². The fourth-order valence-corrected chi connectivity index (χ4v) is 3.84. The van der Waals surface area contributed by atoms with Crippen molar-refractivity contribution in [2.45, 2.75) is 0 Å². The number of methoxy groups -OCH3 is 1. The summed E-state index contributed by atoms with van der Waals surface area (Å²) in [5, 5.41) is 27.9. The Hall–Kier alpha value is -4.60. The molecule has 160 valence electrons. The second kappa shape index (κ2) is 6.98. The highest BCUT2D eigenvalue weighted by Crippen LogP contribution is 2.40. The molecule has 0 aliphatic carbocycles. The number of ketones is 1. The Labute approximate surface area is 180 Å².